The van der Waals surface area contributed by atoms with E-state index in [-0.39, 0.29) is 0 Å². The quantitative estimate of drug-likeness (QED) is 0.240. The number of nitrogens with one attached hydrogen (secondary N) is 2. The normalized spacial score (nSPS) is 12.0. The van der Waals surface area contributed by atoms with Gasteiger partial charge in [0.15, 0.2) is 0 Å². The van der Waals surface area contributed by atoms with Crippen LogP contribution in [0.2, 0.25) is 0 Å². The van der Waals surface area contributed by atoms with Crippen LogP contribution in [0.1, 0.15) is 20.3 Å². The van der Waals surface area contributed by atoms with Crippen LogP contribution in [0, 0.1) is 0 Å². The summed E-state index contributed by atoms with van der Waals surface area (Å²) in [5, 5.41) is 3.14. The number of hydrogen-bond donors (Lipinski definition) is 3. The third-order valence-electron chi connectivity index (χ3n) is 2.99. The van der Waals surface area contributed by atoms with Crippen molar-refractivity contribution < 1.29 is 0 Å². The summed E-state index contributed by atoms with van der Waals surface area (Å²) in [4.78, 5) is 6.71. The van der Waals surface area contributed by atoms with Gasteiger partial charge in [-0.2, -0.15) is 0 Å². The van der Waals surface area contributed by atoms with Crippen LogP contribution >= 0.6 is 0 Å². The van der Waals surface area contributed by atoms with Crippen LogP contribution in [0.25, 0.3) is 0 Å². The molecule has 0 radical (unpaired) electrons. The van der Waals surface area contributed by atoms with Gasteiger partial charge in [-0.25, -0.2) is 5.84 Å². The molecule has 1 aromatic carbocycles. The van der Waals surface area contributed by atoms with Crippen molar-refractivity contribution in [2.45, 2.75) is 26.3 Å². The van der Waals surface area contributed by atoms with Crippen molar-refractivity contribution in [3.05, 3.63) is 30.3 Å². The van der Waals surface area contributed by atoms with Crippen molar-refractivity contribution in [2.24, 2.45) is 10.8 Å². The van der Waals surface area contributed by atoms with Crippen LogP contribution in [-0.4, -0.2) is 37.0 Å². The molecule has 0 aliphatic carbocycles. The van der Waals surface area contributed by atoms with Crippen molar-refractivity contribution >= 4 is 11.6 Å². The Bertz CT molecular complexity index is 375. The summed E-state index contributed by atoms with van der Waals surface area (Å²) >= 11 is 0. The van der Waals surface area contributed by atoms with E-state index in [2.05, 4.69) is 41.5 Å². The van der Waals surface area contributed by atoms with E-state index in [4.69, 9.17) is 5.84 Å². The highest BCUT2D eigenvalue weighted by Crippen LogP contribution is 2.04. The standard InChI is InChI=1S/C14H25N5/c1-12(2)19(3)11-7-10-16-14(18-15)17-13-8-5-4-6-9-13/h4-6,8-9,12H,7,10-11,15H2,1-3H3,(H2,16,17,18). The topological polar surface area (TPSA) is 65.7 Å². The van der Waals surface area contributed by atoms with Gasteiger partial charge < -0.3 is 10.2 Å². The molecule has 0 saturated carbocycles. The molecule has 0 fully saturated rings. The van der Waals surface area contributed by atoms with Gasteiger partial charge in [0, 0.05) is 18.3 Å². The molecule has 0 amide bonds. The molecule has 19 heavy (non-hydrogen) atoms. The molecule has 0 spiro atoms. The summed E-state index contributed by atoms with van der Waals surface area (Å²) < 4.78 is 0. The van der Waals surface area contributed by atoms with Crippen molar-refractivity contribution in [3.8, 4) is 0 Å². The molecule has 1 aromatic rings. The zero-order valence-electron chi connectivity index (χ0n) is 12.1. The van der Waals surface area contributed by atoms with Crippen molar-refractivity contribution in [1.29, 1.82) is 0 Å². The van der Waals surface area contributed by atoms with E-state index in [0.29, 0.717) is 12.0 Å². The number of rotatable bonds is 6. The van der Waals surface area contributed by atoms with Crippen LogP contribution in [0.4, 0.5) is 5.69 Å². The van der Waals surface area contributed by atoms with Crippen molar-refractivity contribution in [3.63, 3.8) is 0 Å². The fraction of sp³-hybridized carbons (Fsp3) is 0.500. The first-order valence-corrected chi connectivity index (χ1v) is 6.67. The maximum atomic E-state index is 5.46. The zero-order chi connectivity index (χ0) is 14.1. The number of guanidine groups is 1. The fourth-order valence-corrected chi connectivity index (χ4v) is 1.55. The summed E-state index contributed by atoms with van der Waals surface area (Å²) in [5.41, 5.74) is 3.56. The van der Waals surface area contributed by atoms with E-state index < -0.39 is 0 Å². The van der Waals surface area contributed by atoms with Gasteiger partial charge in [0.25, 0.3) is 0 Å². The largest absolute Gasteiger partial charge is 0.325 e. The molecule has 0 saturated heterocycles. The van der Waals surface area contributed by atoms with Crippen LogP contribution < -0.4 is 16.6 Å². The zero-order valence-corrected chi connectivity index (χ0v) is 12.1. The van der Waals surface area contributed by atoms with Crippen molar-refractivity contribution in [2.75, 3.05) is 25.5 Å². The Balaban J connectivity index is 2.36. The average Bonchev–Trinajstić information content (AvgIpc) is 2.42. The lowest BCUT2D eigenvalue weighted by Gasteiger charge is -2.20. The van der Waals surface area contributed by atoms with E-state index in [9.17, 15) is 0 Å². The Morgan fingerprint density at radius 1 is 1.32 bits per heavy atom. The number of hydrazine groups is 1. The molecule has 5 nitrogen and oxygen atoms in total. The lowest BCUT2D eigenvalue weighted by atomic mass is 10.3. The molecule has 0 aromatic heterocycles. The molecule has 0 bridgehead atoms. The summed E-state index contributed by atoms with van der Waals surface area (Å²) in [6, 6.07) is 10.4. The monoisotopic (exact) mass is 263 g/mol. The van der Waals surface area contributed by atoms with Gasteiger partial charge in [0.05, 0.1) is 0 Å². The van der Waals surface area contributed by atoms with Crippen LogP contribution in [-0.2, 0) is 0 Å². The molecule has 0 aliphatic heterocycles. The molecular weight excluding hydrogens is 238 g/mol. The van der Waals surface area contributed by atoms with Gasteiger partial charge in [-0.15, -0.1) is 0 Å². The predicted molar refractivity (Wildman–Crippen MR) is 82.1 cm³/mol. The molecule has 106 valence electrons. The number of aliphatic imine (C=N–C) groups is 1. The minimum absolute atomic E-state index is 0.568. The molecule has 5 heteroatoms. The molecule has 1 rings (SSSR count). The van der Waals surface area contributed by atoms with Gasteiger partial charge >= 0.3 is 0 Å². The van der Waals surface area contributed by atoms with Crippen molar-refractivity contribution in [1.82, 2.24) is 10.3 Å². The number of nitrogens with two attached hydrogens (primary N) is 1. The molecule has 0 atom stereocenters. The third-order valence-corrected chi connectivity index (χ3v) is 2.99. The first kappa shape index (κ1) is 15.5. The molecule has 4 N–H and O–H groups in total. The van der Waals surface area contributed by atoms with Gasteiger partial charge in [0.1, 0.15) is 0 Å². The smallest absolute Gasteiger partial charge is 0.210 e. The van der Waals surface area contributed by atoms with E-state index in [1.54, 1.807) is 0 Å². The average molecular weight is 263 g/mol. The maximum absolute atomic E-state index is 5.46. The van der Waals surface area contributed by atoms with E-state index >= 15 is 0 Å². The minimum atomic E-state index is 0.568. The van der Waals surface area contributed by atoms with E-state index in [1.165, 1.54) is 0 Å². The van der Waals surface area contributed by atoms with Crippen LogP contribution in [0.5, 0.6) is 0 Å². The second-order valence-electron chi connectivity index (χ2n) is 4.79. The van der Waals surface area contributed by atoms with E-state index in [0.717, 1.165) is 25.2 Å². The van der Waals surface area contributed by atoms with Gasteiger partial charge in [-0.1, -0.05) is 18.2 Å². The Labute approximate surface area is 115 Å². The molecule has 0 aliphatic rings. The highest BCUT2D eigenvalue weighted by molar-refractivity contribution is 5.93. The second kappa shape index (κ2) is 8.50. The second-order valence-corrected chi connectivity index (χ2v) is 4.79. The number of hydrogen-bond acceptors (Lipinski definition) is 3. The molecular formula is C14H25N5. The highest BCUT2D eigenvalue weighted by atomic mass is 15.3. The predicted octanol–water partition coefficient (Wildman–Crippen LogP) is 1.65. The Hall–Kier alpha value is -1.59. The highest BCUT2D eigenvalue weighted by Gasteiger charge is 2.02. The lowest BCUT2D eigenvalue weighted by Crippen LogP contribution is -2.36. The number of nitrogens with zero attached hydrogens (tertiary/aromatic N) is 2. The van der Waals surface area contributed by atoms with Gasteiger partial charge in [0.2, 0.25) is 5.96 Å². The summed E-state index contributed by atoms with van der Waals surface area (Å²) in [6.45, 7) is 6.15. The van der Waals surface area contributed by atoms with Gasteiger partial charge in [-0.3, -0.25) is 10.4 Å². The maximum Gasteiger partial charge on any atom is 0.210 e. The lowest BCUT2D eigenvalue weighted by molar-refractivity contribution is 0.272. The third kappa shape index (κ3) is 6.22. The number of anilines is 1. The SMILES string of the molecule is CC(C)N(C)CCCN=C(NN)Nc1ccccc1. The number of para-hydroxylation sites is 1. The first-order chi connectivity index (χ1) is 9.13. The van der Waals surface area contributed by atoms with Gasteiger partial charge in [-0.05, 0) is 46.0 Å². The Morgan fingerprint density at radius 2 is 2.00 bits per heavy atom. The first-order valence-electron chi connectivity index (χ1n) is 6.67. The Morgan fingerprint density at radius 3 is 2.58 bits per heavy atom. The van der Waals surface area contributed by atoms with Crippen LogP contribution in [0.15, 0.2) is 35.3 Å². The van der Waals surface area contributed by atoms with Crippen LogP contribution in [0.3, 0.4) is 0 Å². The molecule has 0 heterocycles. The summed E-state index contributed by atoms with van der Waals surface area (Å²) in [5.74, 6) is 6.05. The Kier molecular flexibility index (Phi) is 6.92. The molecule has 0 unspecified atom stereocenters. The fourth-order valence-electron chi connectivity index (χ4n) is 1.55. The summed E-state index contributed by atoms with van der Waals surface area (Å²) in [6.07, 6.45) is 1.01. The number of benzene rings is 1. The summed E-state index contributed by atoms with van der Waals surface area (Å²) in [7, 11) is 2.12. The van der Waals surface area contributed by atoms with E-state index in [1.807, 2.05) is 30.3 Å². The minimum Gasteiger partial charge on any atom is -0.325 e.